The van der Waals surface area contributed by atoms with E-state index in [1.54, 1.807) is 25.3 Å². The summed E-state index contributed by atoms with van der Waals surface area (Å²) >= 11 is 0. The van der Waals surface area contributed by atoms with Gasteiger partial charge in [-0.3, -0.25) is 9.59 Å². The van der Waals surface area contributed by atoms with Crippen molar-refractivity contribution >= 4 is 11.9 Å². The van der Waals surface area contributed by atoms with Gasteiger partial charge in [0.1, 0.15) is 6.61 Å². The first-order valence-electron chi connectivity index (χ1n) is 9.84. The zero-order chi connectivity index (χ0) is 20.9. The zero-order valence-electron chi connectivity index (χ0n) is 17.1. The van der Waals surface area contributed by atoms with Crippen molar-refractivity contribution in [3.63, 3.8) is 0 Å². The van der Waals surface area contributed by atoms with E-state index in [-0.39, 0.29) is 11.9 Å². The maximum Gasteiger partial charge on any atom is 0.305 e. The number of unbranched alkanes of at least 4 members (excludes halogenated alkanes) is 3. The Morgan fingerprint density at radius 1 is 0.897 bits per heavy atom. The summed E-state index contributed by atoms with van der Waals surface area (Å²) in [6.45, 7) is 1.02. The van der Waals surface area contributed by atoms with Crippen LogP contribution in [0.25, 0.3) is 0 Å². The number of hydrogen-bond donors (Lipinski definition) is 1. The summed E-state index contributed by atoms with van der Waals surface area (Å²) in [5.74, 6) is 0.797. The molecule has 0 bridgehead atoms. The molecule has 0 saturated carbocycles. The van der Waals surface area contributed by atoms with Crippen LogP contribution in [0.1, 0.15) is 48.0 Å². The van der Waals surface area contributed by atoms with Crippen LogP contribution in [0.3, 0.4) is 0 Å². The Morgan fingerprint density at radius 3 is 2.38 bits per heavy atom. The normalized spacial score (nSPS) is 10.3. The average Bonchev–Trinajstić information content (AvgIpc) is 2.77. The third kappa shape index (κ3) is 7.86. The molecule has 1 N–H and O–H groups in total. The lowest BCUT2D eigenvalue weighted by molar-refractivity contribution is -0.140. The van der Waals surface area contributed by atoms with Crippen LogP contribution < -0.4 is 14.8 Å². The fraction of sp³-hybridized carbons (Fsp3) is 0.391. The van der Waals surface area contributed by atoms with Gasteiger partial charge in [-0.1, -0.05) is 43.2 Å². The SMILES string of the molecule is COC(=O)CCCCCCNC(=O)c1ccc(OCc2ccccc2)c(OC)c1. The predicted octanol–water partition coefficient (Wildman–Crippen LogP) is 4.13. The fourth-order valence-electron chi connectivity index (χ4n) is 2.82. The Labute approximate surface area is 172 Å². The number of ether oxygens (including phenoxy) is 3. The molecule has 0 fully saturated rings. The second kappa shape index (κ2) is 12.4. The molecular weight excluding hydrogens is 370 g/mol. The minimum Gasteiger partial charge on any atom is -0.493 e. The van der Waals surface area contributed by atoms with Crippen LogP contribution >= 0.6 is 0 Å². The molecule has 6 nitrogen and oxygen atoms in total. The van der Waals surface area contributed by atoms with Gasteiger partial charge in [0.2, 0.25) is 0 Å². The van der Waals surface area contributed by atoms with Crippen LogP contribution in [0.4, 0.5) is 0 Å². The number of nitrogens with one attached hydrogen (secondary N) is 1. The molecule has 29 heavy (non-hydrogen) atoms. The number of carbonyl (C=O) groups excluding carboxylic acids is 2. The molecule has 0 aromatic heterocycles. The molecule has 0 aliphatic rings. The lowest BCUT2D eigenvalue weighted by atomic mass is 10.1. The highest BCUT2D eigenvalue weighted by Crippen LogP contribution is 2.28. The first-order chi connectivity index (χ1) is 14.1. The van der Waals surface area contributed by atoms with E-state index >= 15 is 0 Å². The molecule has 0 saturated heterocycles. The zero-order valence-corrected chi connectivity index (χ0v) is 17.1. The third-order valence-electron chi connectivity index (χ3n) is 4.48. The molecule has 0 spiro atoms. The van der Waals surface area contributed by atoms with Gasteiger partial charge in [-0.2, -0.15) is 0 Å². The molecule has 2 aromatic rings. The highest BCUT2D eigenvalue weighted by atomic mass is 16.5. The molecule has 0 atom stereocenters. The smallest absolute Gasteiger partial charge is 0.305 e. The summed E-state index contributed by atoms with van der Waals surface area (Å²) in [5, 5.41) is 2.91. The van der Waals surface area contributed by atoms with Crippen molar-refractivity contribution in [2.24, 2.45) is 0 Å². The minimum absolute atomic E-state index is 0.146. The summed E-state index contributed by atoms with van der Waals surface area (Å²) in [6, 6.07) is 15.0. The summed E-state index contributed by atoms with van der Waals surface area (Å²) in [4.78, 5) is 23.4. The van der Waals surface area contributed by atoms with Crippen LogP contribution in [0.5, 0.6) is 11.5 Å². The van der Waals surface area contributed by atoms with E-state index in [9.17, 15) is 9.59 Å². The highest BCUT2D eigenvalue weighted by molar-refractivity contribution is 5.94. The topological polar surface area (TPSA) is 73.9 Å². The summed E-state index contributed by atoms with van der Waals surface area (Å²) in [6.07, 6.45) is 4.00. The van der Waals surface area contributed by atoms with E-state index in [4.69, 9.17) is 9.47 Å². The molecule has 0 heterocycles. The van der Waals surface area contributed by atoms with Gasteiger partial charge in [0.25, 0.3) is 5.91 Å². The minimum atomic E-state index is -0.177. The summed E-state index contributed by atoms with van der Waals surface area (Å²) < 4.78 is 15.8. The number of methoxy groups -OCH3 is 2. The number of amides is 1. The van der Waals surface area contributed by atoms with Gasteiger partial charge in [-0.15, -0.1) is 0 Å². The number of rotatable bonds is 12. The van der Waals surface area contributed by atoms with Crippen LogP contribution in [0, 0.1) is 0 Å². The highest BCUT2D eigenvalue weighted by Gasteiger charge is 2.11. The third-order valence-corrected chi connectivity index (χ3v) is 4.48. The molecule has 6 heteroatoms. The van der Waals surface area contributed by atoms with E-state index in [0.717, 1.165) is 31.2 Å². The van der Waals surface area contributed by atoms with Crippen molar-refractivity contribution in [3.05, 3.63) is 59.7 Å². The molecular formula is C23H29NO5. The Balaban J connectivity index is 1.76. The van der Waals surface area contributed by atoms with Gasteiger partial charge in [-0.25, -0.2) is 0 Å². The van der Waals surface area contributed by atoms with Gasteiger partial charge in [0.05, 0.1) is 14.2 Å². The van der Waals surface area contributed by atoms with Crippen LogP contribution in [-0.2, 0) is 16.1 Å². The second-order valence-corrected chi connectivity index (χ2v) is 6.64. The molecule has 1 amide bonds. The molecule has 0 aliphatic heterocycles. The van der Waals surface area contributed by atoms with Crippen LogP contribution in [-0.4, -0.2) is 32.6 Å². The van der Waals surface area contributed by atoms with Crippen LogP contribution in [0.2, 0.25) is 0 Å². The Kier molecular flexibility index (Phi) is 9.55. The lowest BCUT2D eigenvalue weighted by Crippen LogP contribution is -2.24. The molecule has 0 aliphatic carbocycles. The number of esters is 1. The summed E-state index contributed by atoms with van der Waals surface area (Å²) in [7, 11) is 2.95. The Morgan fingerprint density at radius 2 is 1.66 bits per heavy atom. The van der Waals surface area contributed by atoms with Crippen molar-refractivity contribution < 1.29 is 23.8 Å². The fourth-order valence-corrected chi connectivity index (χ4v) is 2.82. The summed E-state index contributed by atoms with van der Waals surface area (Å²) in [5.41, 5.74) is 1.59. The largest absolute Gasteiger partial charge is 0.493 e. The monoisotopic (exact) mass is 399 g/mol. The van der Waals surface area contributed by atoms with Gasteiger partial charge in [-0.05, 0) is 36.6 Å². The van der Waals surface area contributed by atoms with Gasteiger partial charge < -0.3 is 19.5 Å². The van der Waals surface area contributed by atoms with Crippen molar-refractivity contribution in [2.45, 2.75) is 38.7 Å². The quantitative estimate of drug-likeness (QED) is 0.429. The van der Waals surface area contributed by atoms with Crippen molar-refractivity contribution in [1.82, 2.24) is 5.32 Å². The van der Waals surface area contributed by atoms with Gasteiger partial charge >= 0.3 is 5.97 Å². The molecule has 0 unspecified atom stereocenters. The maximum atomic E-state index is 12.4. The van der Waals surface area contributed by atoms with E-state index < -0.39 is 0 Å². The Hall–Kier alpha value is -3.02. The second-order valence-electron chi connectivity index (χ2n) is 6.64. The number of benzene rings is 2. The van der Waals surface area contributed by atoms with E-state index in [2.05, 4.69) is 10.1 Å². The molecule has 2 aromatic carbocycles. The van der Waals surface area contributed by atoms with Crippen molar-refractivity contribution in [1.29, 1.82) is 0 Å². The van der Waals surface area contributed by atoms with E-state index in [1.807, 2.05) is 30.3 Å². The standard InChI is InChI=1S/C23H29NO5/c1-27-21-16-19(13-14-20(21)29-17-18-10-6-5-7-11-18)23(26)24-15-9-4-3-8-12-22(25)28-2/h5-7,10-11,13-14,16H,3-4,8-9,12,15,17H2,1-2H3,(H,24,26). The molecule has 156 valence electrons. The van der Waals surface area contributed by atoms with Crippen molar-refractivity contribution in [3.8, 4) is 11.5 Å². The number of carbonyl (C=O) groups is 2. The molecule has 2 rings (SSSR count). The van der Waals surface area contributed by atoms with Gasteiger partial charge in [0, 0.05) is 18.5 Å². The number of hydrogen-bond acceptors (Lipinski definition) is 5. The van der Waals surface area contributed by atoms with Crippen LogP contribution in [0.15, 0.2) is 48.5 Å². The van der Waals surface area contributed by atoms with E-state index in [1.165, 1.54) is 7.11 Å². The maximum absolute atomic E-state index is 12.4. The predicted molar refractivity (Wildman–Crippen MR) is 111 cm³/mol. The Bertz CT molecular complexity index is 776. The first-order valence-corrected chi connectivity index (χ1v) is 9.84. The van der Waals surface area contributed by atoms with E-state index in [0.29, 0.717) is 36.6 Å². The first kappa shape index (κ1) is 22.3. The molecule has 0 radical (unpaired) electrons. The van der Waals surface area contributed by atoms with Crippen molar-refractivity contribution in [2.75, 3.05) is 20.8 Å². The lowest BCUT2D eigenvalue weighted by Gasteiger charge is -2.12. The van der Waals surface area contributed by atoms with Gasteiger partial charge in [0.15, 0.2) is 11.5 Å². The average molecular weight is 399 g/mol.